The van der Waals surface area contributed by atoms with Gasteiger partial charge in [0, 0.05) is 0 Å². The average Bonchev–Trinajstić information content (AvgIpc) is 2.84. The maximum atomic E-state index is 13.3. The van der Waals surface area contributed by atoms with Crippen molar-refractivity contribution in [1.29, 1.82) is 0 Å². The molecule has 0 aromatic heterocycles. The lowest BCUT2D eigenvalue weighted by molar-refractivity contribution is -0.150. The Morgan fingerprint density at radius 1 is 0.811 bits per heavy atom. The molecular formula is C26H34NO9P. The molecule has 2 N–H and O–H groups in total. The van der Waals surface area contributed by atoms with E-state index >= 15 is 0 Å². The molecule has 2 rings (SSSR count). The van der Waals surface area contributed by atoms with Crippen LogP contribution in [0.25, 0.3) is 11.1 Å². The van der Waals surface area contributed by atoms with Crippen molar-refractivity contribution < 1.29 is 42.6 Å². The lowest BCUT2D eigenvalue weighted by Gasteiger charge is -2.21. The van der Waals surface area contributed by atoms with E-state index in [2.05, 4.69) is 5.32 Å². The van der Waals surface area contributed by atoms with Gasteiger partial charge in [0.1, 0.15) is 6.04 Å². The maximum absolute atomic E-state index is 13.3. The monoisotopic (exact) mass is 535 g/mol. The average molecular weight is 536 g/mol. The number of hydrogen-bond acceptors (Lipinski definition) is 9. The molecule has 0 saturated carbocycles. The van der Waals surface area contributed by atoms with E-state index in [1.165, 1.54) is 0 Å². The van der Waals surface area contributed by atoms with Gasteiger partial charge in [-0.25, -0.2) is 9.59 Å². The zero-order valence-corrected chi connectivity index (χ0v) is 22.3. The van der Waals surface area contributed by atoms with E-state index in [-0.39, 0.29) is 6.42 Å². The quantitative estimate of drug-likeness (QED) is 0.254. The largest absolute Gasteiger partial charge is 0.480 e. The first-order valence-electron chi connectivity index (χ1n) is 11.8. The molecule has 0 spiro atoms. The number of rotatable bonds is 15. The second kappa shape index (κ2) is 14.6. The second-order valence-corrected chi connectivity index (χ2v) is 10.8. The number of carboxylic acids is 1. The van der Waals surface area contributed by atoms with Gasteiger partial charge in [0.2, 0.25) is 0 Å². The van der Waals surface area contributed by atoms with Gasteiger partial charge in [0.15, 0.2) is 13.2 Å². The van der Waals surface area contributed by atoms with Crippen LogP contribution in [0.15, 0.2) is 54.6 Å². The van der Waals surface area contributed by atoms with Crippen molar-refractivity contribution in [3.63, 3.8) is 0 Å². The summed E-state index contributed by atoms with van der Waals surface area (Å²) in [5, 5.41) is 12.4. The molecule has 0 fully saturated rings. The second-order valence-electron chi connectivity index (χ2n) is 8.76. The Kier molecular flexibility index (Phi) is 11.9. The maximum Gasteiger partial charge on any atom is 0.345 e. The molecule has 0 heterocycles. The summed E-state index contributed by atoms with van der Waals surface area (Å²) in [4.78, 5) is 35.6. The SMILES string of the molecule is CC(C)OC(=O)COP(=O)(CN[C@@H](Cc1ccc(-c2ccccc2)cc1)C(=O)O)OCC(=O)OC(C)C. The van der Waals surface area contributed by atoms with Crippen LogP contribution in [0.3, 0.4) is 0 Å². The zero-order valence-electron chi connectivity index (χ0n) is 21.4. The number of hydrogen-bond donors (Lipinski definition) is 2. The number of ether oxygens (including phenoxy) is 2. The number of aliphatic carboxylic acids is 1. The predicted molar refractivity (Wildman–Crippen MR) is 137 cm³/mol. The highest BCUT2D eigenvalue weighted by Crippen LogP contribution is 2.47. The molecule has 0 aliphatic heterocycles. The summed E-state index contributed by atoms with van der Waals surface area (Å²) in [5.74, 6) is -2.74. The lowest BCUT2D eigenvalue weighted by Crippen LogP contribution is -2.39. The van der Waals surface area contributed by atoms with Crippen LogP contribution in [0.5, 0.6) is 0 Å². The van der Waals surface area contributed by atoms with Crippen LogP contribution in [0.1, 0.15) is 33.3 Å². The van der Waals surface area contributed by atoms with E-state index < -0.39 is 63.3 Å². The first-order chi connectivity index (χ1) is 17.5. The summed E-state index contributed by atoms with van der Waals surface area (Å²) in [6.45, 7) is 5.16. The molecule has 2 aromatic carbocycles. The minimum atomic E-state index is -4.14. The van der Waals surface area contributed by atoms with E-state index in [0.717, 1.165) is 16.7 Å². The van der Waals surface area contributed by atoms with Crippen LogP contribution in [-0.4, -0.2) is 60.8 Å². The van der Waals surface area contributed by atoms with Crippen molar-refractivity contribution in [1.82, 2.24) is 5.32 Å². The van der Waals surface area contributed by atoms with Gasteiger partial charge in [0.05, 0.1) is 18.5 Å². The molecule has 11 heteroatoms. The molecule has 0 unspecified atom stereocenters. The predicted octanol–water partition coefficient (Wildman–Crippen LogP) is 4.03. The van der Waals surface area contributed by atoms with Gasteiger partial charge >= 0.3 is 25.5 Å². The Morgan fingerprint density at radius 2 is 1.30 bits per heavy atom. The number of carboxylic acid groups (broad SMARTS) is 1. The molecule has 202 valence electrons. The third-order valence-electron chi connectivity index (χ3n) is 4.82. The van der Waals surface area contributed by atoms with E-state index in [0.29, 0.717) is 0 Å². The highest BCUT2D eigenvalue weighted by atomic mass is 31.2. The van der Waals surface area contributed by atoms with Crippen LogP contribution >= 0.6 is 7.60 Å². The third-order valence-corrected chi connectivity index (χ3v) is 6.44. The molecule has 0 radical (unpaired) electrons. The normalized spacial score (nSPS) is 12.4. The first-order valence-corrected chi connectivity index (χ1v) is 13.6. The van der Waals surface area contributed by atoms with Crippen LogP contribution in [0.4, 0.5) is 0 Å². The van der Waals surface area contributed by atoms with Crippen molar-refractivity contribution in [3.05, 3.63) is 60.2 Å². The number of esters is 2. The molecule has 10 nitrogen and oxygen atoms in total. The highest BCUT2D eigenvalue weighted by Gasteiger charge is 2.31. The molecule has 2 aromatic rings. The van der Waals surface area contributed by atoms with Crippen molar-refractivity contribution in [2.24, 2.45) is 0 Å². The van der Waals surface area contributed by atoms with Gasteiger partial charge in [-0.1, -0.05) is 54.6 Å². The number of carbonyl (C=O) groups excluding carboxylic acids is 2. The fraction of sp³-hybridized carbons (Fsp3) is 0.423. The van der Waals surface area contributed by atoms with Crippen LogP contribution in [0.2, 0.25) is 0 Å². The topological polar surface area (TPSA) is 137 Å². The van der Waals surface area contributed by atoms with Gasteiger partial charge in [-0.05, 0) is 50.8 Å². The van der Waals surface area contributed by atoms with Crippen LogP contribution < -0.4 is 5.32 Å². The fourth-order valence-corrected chi connectivity index (χ4v) is 4.50. The van der Waals surface area contributed by atoms with E-state index in [1.807, 2.05) is 54.6 Å². The van der Waals surface area contributed by atoms with Crippen molar-refractivity contribution in [2.75, 3.05) is 19.5 Å². The van der Waals surface area contributed by atoms with Crippen molar-refractivity contribution in [2.45, 2.75) is 52.4 Å². The fourth-order valence-electron chi connectivity index (χ4n) is 3.19. The molecule has 0 aliphatic carbocycles. The van der Waals surface area contributed by atoms with Gasteiger partial charge in [-0.15, -0.1) is 0 Å². The smallest absolute Gasteiger partial charge is 0.345 e. The van der Waals surface area contributed by atoms with Gasteiger partial charge in [-0.2, -0.15) is 0 Å². The zero-order chi connectivity index (χ0) is 27.4. The van der Waals surface area contributed by atoms with Crippen LogP contribution in [0, 0.1) is 0 Å². The minimum absolute atomic E-state index is 0.0786. The van der Waals surface area contributed by atoms with E-state index in [1.54, 1.807) is 27.7 Å². The van der Waals surface area contributed by atoms with E-state index in [4.69, 9.17) is 18.5 Å². The summed E-state index contributed by atoms with van der Waals surface area (Å²) in [6, 6.07) is 16.0. The Balaban J connectivity index is 2.07. The summed E-state index contributed by atoms with van der Waals surface area (Å²) < 4.78 is 33.6. The Morgan fingerprint density at radius 3 is 1.76 bits per heavy atom. The molecular weight excluding hydrogens is 501 g/mol. The molecule has 0 bridgehead atoms. The number of carbonyl (C=O) groups is 3. The Hall–Kier alpha value is -3.04. The van der Waals surface area contributed by atoms with Gasteiger partial charge in [-0.3, -0.25) is 23.7 Å². The summed E-state index contributed by atoms with van der Waals surface area (Å²) in [5.41, 5.74) is 2.75. The summed E-state index contributed by atoms with van der Waals surface area (Å²) in [6.07, 6.45) is -1.31. The van der Waals surface area contributed by atoms with Crippen molar-refractivity contribution in [3.8, 4) is 11.1 Å². The first kappa shape index (κ1) is 30.2. The standard InChI is InChI=1S/C26H34NO9P/c1-18(2)35-24(28)15-33-37(32,34-16-25(29)36-19(3)4)17-27-23(26(30)31)14-20-10-12-22(13-11-20)21-8-6-5-7-9-21/h5-13,18-19,23,27H,14-17H2,1-4H3,(H,30,31)/t23-/m0/s1. The molecule has 0 amide bonds. The number of benzene rings is 2. The van der Waals surface area contributed by atoms with Gasteiger partial charge in [0.25, 0.3) is 0 Å². The molecule has 0 saturated heterocycles. The number of nitrogens with one attached hydrogen (secondary N) is 1. The summed E-state index contributed by atoms with van der Waals surface area (Å²) in [7, 11) is -4.14. The Bertz CT molecular complexity index is 1040. The van der Waals surface area contributed by atoms with E-state index in [9.17, 15) is 24.1 Å². The highest BCUT2D eigenvalue weighted by molar-refractivity contribution is 7.53. The third kappa shape index (κ3) is 11.3. The van der Waals surface area contributed by atoms with Gasteiger partial charge < -0.3 is 14.6 Å². The molecule has 37 heavy (non-hydrogen) atoms. The molecule has 0 aliphatic rings. The summed E-state index contributed by atoms with van der Waals surface area (Å²) >= 11 is 0. The van der Waals surface area contributed by atoms with Crippen molar-refractivity contribution >= 4 is 25.5 Å². The minimum Gasteiger partial charge on any atom is -0.480 e. The Labute approximate surface area is 216 Å². The lowest BCUT2D eigenvalue weighted by atomic mass is 10.0. The molecule has 1 atom stereocenters. The van der Waals surface area contributed by atoms with Crippen LogP contribution in [-0.2, 0) is 43.9 Å².